The van der Waals surface area contributed by atoms with Crippen LogP contribution in [0.1, 0.15) is 6.42 Å². The van der Waals surface area contributed by atoms with Crippen molar-refractivity contribution < 1.29 is 13.3 Å². The lowest BCUT2D eigenvalue weighted by atomic mass is 10.0. The molecule has 1 fully saturated rings. The Kier molecular flexibility index (Phi) is 2.70. The Morgan fingerprint density at radius 1 is 1.11 bits per heavy atom. The van der Waals surface area contributed by atoms with Crippen molar-refractivity contribution >= 4 is 9.84 Å². The zero-order chi connectivity index (χ0) is 13.6. The molecule has 2 aliphatic rings. The van der Waals surface area contributed by atoms with E-state index >= 15 is 0 Å². The van der Waals surface area contributed by atoms with Crippen LogP contribution < -0.4 is 0 Å². The third-order valence-electron chi connectivity index (χ3n) is 4.02. The number of sulfone groups is 1. The van der Waals surface area contributed by atoms with E-state index in [1.807, 2.05) is 6.08 Å². The fraction of sp³-hybridized carbons (Fsp3) is 0.385. The number of nitrogens with zero attached hydrogens (tertiary/aromatic N) is 1. The van der Waals surface area contributed by atoms with Crippen molar-refractivity contribution in [2.45, 2.75) is 22.6 Å². The highest BCUT2D eigenvalue weighted by Crippen LogP contribution is 2.45. The van der Waals surface area contributed by atoms with Gasteiger partial charge in [0.1, 0.15) is 5.25 Å². The molecule has 1 saturated carbocycles. The SMILES string of the molecule is O=[N+]([O-])[C@H]1[C@H](S(=O)(=O)c2ccccc2)[C@H]2C=C[C@@H]1C2. The van der Waals surface area contributed by atoms with Crippen molar-refractivity contribution in [2.24, 2.45) is 11.8 Å². The van der Waals surface area contributed by atoms with E-state index in [0.717, 1.165) is 0 Å². The molecule has 6 heteroatoms. The van der Waals surface area contributed by atoms with Gasteiger partial charge in [-0.15, -0.1) is 0 Å². The summed E-state index contributed by atoms with van der Waals surface area (Å²) in [5.41, 5.74) is 0. The minimum absolute atomic E-state index is 0.174. The number of nitro groups is 1. The van der Waals surface area contributed by atoms with Gasteiger partial charge in [-0.1, -0.05) is 30.4 Å². The number of hydrogen-bond donors (Lipinski definition) is 0. The summed E-state index contributed by atoms with van der Waals surface area (Å²) in [4.78, 5) is 10.9. The van der Waals surface area contributed by atoms with E-state index in [2.05, 4.69) is 0 Å². The predicted octanol–water partition coefficient (Wildman–Crippen LogP) is 1.68. The summed E-state index contributed by atoms with van der Waals surface area (Å²) >= 11 is 0. The van der Waals surface area contributed by atoms with E-state index in [-0.39, 0.29) is 16.7 Å². The molecule has 0 aliphatic heterocycles. The smallest absolute Gasteiger partial charge is 0.236 e. The Balaban J connectivity index is 2.06. The summed E-state index contributed by atoms with van der Waals surface area (Å²) in [6.45, 7) is 0. The van der Waals surface area contributed by atoms with Gasteiger partial charge in [-0.05, 0) is 18.6 Å². The third kappa shape index (κ3) is 1.78. The normalized spacial score (nSPS) is 32.6. The molecule has 0 amide bonds. The second-order valence-corrected chi connectivity index (χ2v) is 7.15. The Labute approximate surface area is 111 Å². The molecule has 0 saturated heterocycles. The zero-order valence-electron chi connectivity index (χ0n) is 10.0. The van der Waals surface area contributed by atoms with Gasteiger partial charge >= 0.3 is 0 Å². The number of benzene rings is 1. The first-order valence-electron chi connectivity index (χ1n) is 6.12. The maximum Gasteiger partial charge on any atom is 0.236 e. The van der Waals surface area contributed by atoms with E-state index in [4.69, 9.17) is 0 Å². The van der Waals surface area contributed by atoms with Crippen LogP contribution in [0, 0.1) is 22.0 Å². The van der Waals surface area contributed by atoms with Crippen molar-refractivity contribution in [3.63, 3.8) is 0 Å². The van der Waals surface area contributed by atoms with Crippen LogP contribution in [-0.2, 0) is 9.84 Å². The van der Waals surface area contributed by atoms with Gasteiger partial charge in [-0.2, -0.15) is 0 Å². The lowest BCUT2D eigenvalue weighted by Crippen LogP contribution is -2.42. The molecule has 1 aromatic carbocycles. The summed E-state index contributed by atoms with van der Waals surface area (Å²) < 4.78 is 25.2. The Morgan fingerprint density at radius 2 is 1.74 bits per heavy atom. The van der Waals surface area contributed by atoms with Crippen molar-refractivity contribution in [2.75, 3.05) is 0 Å². The maximum absolute atomic E-state index is 12.6. The summed E-state index contributed by atoms with van der Waals surface area (Å²) in [7, 11) is -3.66. The van der Waals surface area contributed by atoms with Gasteiger partial charge in [0.15, 0.2) is 9.84 Å². The summed E-state index contributed by atoms with van der Waals surface area (Å²) in [5.74, 6) is -0.478. The Morgan fingerprint density at radius 3 is 2.37 bits per heavy atom. The van der Waals surface area contributed by atoms with Crippen LogP contribution >= 0.6 is 0 Å². The molecule has 0 unspecified atom stereocenters. The first-order chi connectivity index (χ1) is 9.01. The summed E-state index contributed by atoms with van der Waals surface area (Å²) in [5, 5.41) is 10.3. The van der Waals surface area contributed by atoms with Crippen LogP contribution in [0.3, 0.4) is 0 Å². The molecule has 0 heterocycles. The quantitative estimate of drug-likeness (QED) is 0.479. The molecule has 19 heavy (non-hydrogen) atoms. The number of hydrogen-bond acceptors (Lipinski definition) is 4. The van der Waals surface area contributed by atoms with E-state index in [1.165, 1.54) is 12.1 Å². The molecule has 1 aromatic rings. The second-order valence-electron chi connectivity index (χ2n) is 5.05. The molecular formula is C13H13NO4S. The van der Waals surface area contributed by atoms with Crippen LogP contribution in [0.2, 0.25) is 0 Å². The molecule has 0 spiro atoms. The van der Waals surface area contributed by atoms with Crippen LogP contribution in [0.15, 0.2) is 47.4 Å². The Hall–Kier alpha value is -1.69. The monoisotopic (exact) mass is 279 g/mol. The Bertz CT molecular complexity index is 638. The summed E-state index contributed by atoms with van der Waals surface area (Å²) in [6, 6.07) is 6.99. The average Bonchev–Trinajstić information content (AvgIpc) is 3.00. The fourth-order valence-corrected chi connectivity index (χ4v) is 5.39. The first kappa shape index (κ1) is 12.3. The summed E-state index contributed by atoms with van der Waals surface area (Å²) in [6.07, 6.45) is 4.17. The van der Waals surface area contributed by atoms with Gasteiger partial charge < -0.3 is 0 Å². The largest absolute Gasteiger partial charge is 0.264 e. The highest BCUT2D eigenvalue weighted by molar-refractivity contribution is 7.92. The number of rotatable bonds is 3. The van der Waals surface area contributed by atoms with Gasteiger partial charge in [0.2, 0.25) is 6.04 Å². The van der Waals surface area contributed by atoms with E-state index in [1.54, 1.807) is 24.3 Å². The molecule has 0 aromatic heterocycles. The molecule has 4 atom stereocenters. The van der Waals surface area contributed by atoms with Crippen LogP contribution in [0.5, 0.6) is 0 Å². The second kappa shape index (κ2) is 4.16. The topological polar surface area (TPSA) is 77.3 Å². The van der Waals surface area contributed by atoms with Gasteiger partial charge in [0.05, 0.1) is 4.90 Å². The van der Waals surface area contributed by atoms with Gasteiger partial charge in [-0.25, -0.2) is 8.42 Å². The minimum Gasteiger partial charge on any atom is -0.264 e. The maximum atomic E-state index is 12.6. The van der Waals surface area contributed by atoms with Crippen LogP contribution in [0.25, 0.3) is 0 Å². The van der Waals surface area contributed by atoms with E-state index in [9.17, 15) is 18.5 Å². The molecule has 5 nitrogen and oxygen atoms in total. The van der Waals surface area contributed by atoms with Crippen molar-refractivity contribution in [3.05, 3.63) is 52.6 Å². The lowest BCUT2D eigenvalue weighted by Gasteiger charge is -2.21. The lowest BCUT2D eigenvalue weighted by molar-refractivity contribution is -0.525. The molecular weight excluding hydrogens is 266 g/mol. The molecule has 2 bridgehead atoms. The van der Waals surface area contributed by atoms with Crippen molar-refractivity contribution in [3.8, 4) is 0 Å². The molecule has 0 N–H and O–H groups in total. The first-order valence-corrected chi connectivity index (χ1v) is 7.67. The fourth-order valence-electron chi connectivity index (χ4n) is 3.21. The third-order valence-corrected chi connectivity index (χ3v) is 6.29. The highest BCUT2D eigenvalue weighted by Gasteiger charge is 2.57. The van der Waals surface area contributed by atoms with E-state index in [0.29, 0.717) is 6.42 Å². The molecule has 3 rings (SSSR count). The predicted molar refractivity (Wildman–Crippen MR) is 68.9 cm³/mol. The van der Waals surface area contributed by atoms with Gasteiger partial charge in [0.25, 0.3) is 0 Å². The van der Waals surface area contributed by atoms with E-state index < -0.39 is 26.1 Å². The molecule has 100 valence electrons. The average molecular weight is 279 g/mol. The molecule has 0 radical (unpaired) electrons. The minimum atomic E-state index is -3.66. The van der Waals surface area contributed by atoms with Crippen LogP contribution in [0.4, 0.5) is 0 Å². The van der Waals surface area contributed by atoms with Crippen molar-refractivity contribution in [1.29, 1.82) is 0 Å². The standard InChI is InChI=1S/C13H13NO4S/c15-14(16)12-9-6-7-10(8-9)13(12)19(17,18)11-4-2-1-3-5-11/h1-7,9-10,12-13H,8H2/t9-,10+,12-,13-/m1/s1. The van der Waals surface area contributed by atoms with Gasteiger partial charge in [-0.3, -0.25) is 10.1 Å². The zero-order valence-corrected chi connectivity index (χ0v) is 10.9. The number of fused-ring (bicyclic) bond motifs is 2. The van der Waals surface area contributed by atoms with Crippen LogP contribution in [-0.4, -0.2) is 24.6 Å². The number of allylic oxidation sites excluding steroid dienone is 1. The highest BCUT2D eigenvalue weighted by atomic mass is 32.2. The van der Waals surface area contributed by atoms with Crippen molar-refractivity contribution in [1.82, 2.24) is 0 Å². The van der Waals surface area contributed by atoms with Gasteiger partial charge in [0, 0.05) is 16.8 Å². The molecule has 2 aliphatic carbocycles.